The molecule has 2 aliphatic heterocycles. The first-order valence-corrected chi connectivity index (χ1v) is 4.93. The maximum atomic E-state index is 11.8. The van der Waals surface area contributed by atoms with Gasteiger partial charge >= 0.3 is 0 Å². The summed E-state index contributed by atoms with van der Waals surface area (Å²) < 4.78 is 0. The minimum atomic E-state index is 0.0677. The SMILES string of the molecule is CN1CCCC1C(=O)N1CCCO1. The molecule has 1 amide bonds. The van der Waals surface area contributed by atoms with Crippen LogP contribution in [-0.2, 0) is 9.63 Å². The second-order valence-electron chi connectivity index (χ2n) is 3.77. The van der Waals surface area contributed by atoms with Crippen LogP contribution in [0.1, 0.15) is 19.3 Å². The molecular formula is C9H16N2O2. The molecule has 0 aromatic carbocycles. The molecule has 2 fully saturated rings. The molecule has 2 heterocycles. The molecule has 0 bridgehead atoms. The predicted molar refractivity (Wildman–Crippen MR) is 47.9 cm³/mol. The van der Waals surface area contributed by atoms with Crippen LogP contribution in [0.5, 0.6) is 0 Å². The van der Waals surface area contributed by atoms with Crippen molar-refractivity contribution in [3.05, 3.63) is 0 Å². The molecule has 2 aliphatic rings. The van der Waals surface area contributed by atoms with Gasteiger partial charge in [-0.3, -0.25) is 14.5 Å². The van der Waals surface area contributed by atoms with E-state index in [0.717, 1.165) is 32.4 Å². The predicted octanol–water partition coefficient (Wildman–Crippen LogP) is 0.244. The van der Waals surface area contributed by atoms with E-state index >= 15 is 0 Å². The quantitative estimate of drug-likeness (QED) is 0.585. The number of hydrogen-bond donors (Lipinski definition) is 0. The summed E-state index contributed by atoms with van der Waals surface area (Å²) in [5.74, 6) is 0.150. The molecule has 1 unspecified atom stereocenters. The second kappa shape index (κ2) is 3.64. The number of hydroxylamine groups is 2. The number of nitrogens with zero attached hydrogens (tertiary/aromatic N) is 2. The standard InChI is InChI=1S/C9H16N2O2/c1-10-5-2-4-8(10)9(12)11-6-3-7-13-11/h8H,2-7H2,1H3. The molecule has 4 nitrogen and oxygen atoms in total. The molecule has 2 saturated heterocycles. The average molecular weight is 184 g/mol. The second-order valence-corrected chi connectivity index (χ2v) is 3.77. The van der Waals surface area contributed by atoms with Crippen molar-refractivity contribution in [1.29, 1.82) is 0 Å². The molecule has 0 aromatic rings. The largest absolute Gasteiger partial charge is 0.295 e. The van der Waals surface area contributed by atoms with Crippen molar-refractivity contribution in [3.63, 3.8) is 0 Å². The van der Waals surface area contributed by atoms with Crippen LogP contribution in [0.3, 0.4) is 0 Å². The Labute approximate surface area is 78.4 Å². The van der Waals surface area contributed by atoms with Crippen molar-refractivity contribution >= 4 is 5.91 Å². The van der Waals surface area contributed by atoms with E-state index in [1.165, 1.54) is 5.06 Å². The van der Waals surface area contributed by atoms with E-state index < -0.39 is 0 Å². The van der Waals surface area contributed by atoms with Crippen LogP contribution in [0.25, 0.3) is 0 Å². The Morgan fingerprint density at radius 3 is 2.77 bits per heavy atom. The van der Waals surface area contributed by atoms with E-state index in [9.17, 15) is 4.79 Å². The van der Waals surface area contributed by atoms with E-state index in [1.54, 1.807) is 0 Å². The van der Waals surface area contributed by atoms with Crippen LogP contribution in [0.15, 0.2) is 0 Å². The summed E-state index contributed by atoms with van der Waals surface area (Å²) in [6.07, 6.45) is 3.08. The third-order valence-corrected chi connectivity index (χ3v) is 2.80. The lowest BCUT2D eigenvalue weighted by atomic mass is 10.2. The van der Waals surface area contributed by atoms with Gasteiger partial charge in [0.15, 0.2) is 0 Å². The van der Waals surface area contributed by atoms with Crippen molar-refractivity contribution in [2.75, 3.05) is 26.7 Å². The Hall–Kier alpha value is -0.610. The van der Waals surface area contributed by atoms with Crippen LogP contribution < -0.4 is 0 Å². The Balaban J connectivity index is 1.95. The van der Waals surface area contributed by atoms with Gasteiger partial charge in [0.05, 0.1) is 19.2 Å². The summed E-state index contributed by atoms with van der Waals surface area (Å²) in [6.45, 7) is 2.50. The first-order valence-electron chi connectivity index (χ1n) is 4.93. The van der Waals surface area contributed by atoms with E-state index in [0.29, 0.717) is 6.61 Å². The van der Waals surface area contributed by atoms with Crippen LogP contribution in [0.2, 0.25) is 0 Å². The fourth-order valence-electron chi connectivity index (χ4n) is 2.01. The van der Waals surface area contributed by atoms with E-state index in [2.05, 4.69) is 4.90 Å². The number of carbonyl (C=O) groups is 1. The van der Waals surface area contributed by atoms with Gasteiger partial charge in [0.25, 0.3) is 5.91 Å². The number of likely N-dealkylation sites (N-methyl/N-ethyl adjacent to an activating group) is 1. The number of amides is 1. The first kappa shape index (κ1) is 8.97. The summed E-state index contributed by atoms with van der Waals surface area (Å²) in [6, 6.07) is 0.0677. The van der Waals surface area contributed by atoms with Gasteiger partial charge in [0, 0.05) is 0 Å². The summed E-state index contributed by atoms with van der Waals surface area (Å²) >= 11 is 0. The molecule has 0 aliphatic carbocycles. The van der Waals surface area contributed by atoms with Crippen molar-refractivity contribution in [3.8, 4) is 0 Å². The van der Waals surface area contributed by atoms with Crippen LogP contribution in [0, 0.1) is 0 Å². The summed E-state index contributed by atoms with van der Waals surface area (Å²) in [5.41, 5.74) is 0. The molecule has 4 heteroatoms. The molecule has 0 saturated carbocycles. The topological polar surface area (TPSA) is 32.8 Å². The smallest absolute Gasteiger partial charge is 0.263 e. The van der Waals surface area contributed by atoms with Gasteiger partial charge in [-0.25, -0.2) is 5.06 Å². The summed E-state index contributed by atoms with van der Waals surface area (Å²) in [4.78, 5) is 19.2. The highest BCUT2D eigenvalue weighted by Gasteiger charge is 2.33. The third-order valence-electron chi connectivity index (χ3n) is 2.80. The minimum absolute atomic E-state index is 0.0677. The molecule has 1 atom stereocenters. The van der Waals surface area contributed by atoms with Crippen molar-refractivity contribution in [2.24, 2.45) is 0 Å². The minimum Gasteiger partial charge on any atom is -0.295 e. The van der Waals surface area contributed by atoms with Crippen molar-refractivity contribution in [1.82, 2.24) is 9.96 Å². The van der Waals surface area contributed by atoms with Crippen LogP contribution in [-0.4, -0.2) is 48.7 Å². The van der Waals surface area contributed by atoms with Gasteiger partial charge in [-0.15, -0.1) is 0 Å². The number of rotatable bonds is 1. The maximum absolute atomic E-state index is 11.8. The monoisotopic (exact) mass is 184 g/mol. The van der Waals surface area contributed by atoms with Crippen LogP contribution in [0.4, 0.5) is 0 Å². The normalized spacial score (nSPS) is 29.9. The molecule has 2 rings (SSSR count). The lowest BCUT2D eigenvalue weighted by Crippen LogP contribution is -2.42. The maximum Gasteiger partial charge on any atom is 0.263 e. The Morgan fingerprint density at radius 1 is 1.38 bits per heavy atom. The summed E-state index contributed by atoms with van der Waals surface area (Å²) in [7, 11) is 2.01. The molecule has 0 spiro atoms. The number of hydrogen-bond acceptors (Lipinski definition) is 3. The molecule has 0 N–H and O–H groups in total. The average Bonchev–Trinajstić information content (AvgIpc) is 2.72. The molecule has 0 radical (unpaired) electrons. The van der Waals surface area contributed by atoms with Gasteiger partial charge in [0.2, 0.25) is 0 Å². The Morgan fingerprint density at radius 2 is 2.23 bits per heavy atom. The van der Waals surface area contributed by atoms with E-state index in [1.807, 2.05) is 7.05 Å². The zero-order valence-corrected chi connectivity index (χ0v) is 8.03. The van der Waals surface area contributed by atoms with Crippen molar-refractivity contribution < 1.29 is 9.63 Å². The Bertz CT molecular complexity index is 202. The molecular weight excluding hydrogens is 168 g/mol. The highest BCUT2D eigenvalue weighted by molar-refractivity contribution is 5.81. The number of carbonyl (C=O) groups excluding carboxylic acids is 1. The van der Waals surface area contributed by atoms with Gasteiger partial charge in [-0.1, -0.05) is 0 Å². The third kappa shape index (κ3) is 1.69. The Kier molecular flexibility index (Phi) is 2.51. The lowest BCUT2D eigenvalue weighted by molar-refractivity contribution is -0.173. The number of likely N-dealkylation sites (tertiary alicyclic amines) is 1. The van der Waals surface area contributed by atoms with Gasteiger partial charge in [-0.2, -0.15) is 0 Å². The zero-order chi connectivity index (χ0) is 9.26. The van der Waals surface area contributed by atoms with Crippen molar-refractivity contribution in [2.45, 2.75) is 25.3 Å². The zero-order valence-electron chi connectivity index (χ0n) is 8.03. The van der Waals surface area contributed by atoms with E-state index in [-0.39, 0.29) is 11.9 Å². The molecule has 0 aromatic heterocycles. The fraction of sp³-hybridized carbons (Fsp3) is 0.889. The first-order chi connectivity index (χ1) is 6.29. The fourth-order valence-corrected chi connectivity index (χ4v) is 2.01. The van der Waals surface area contributed by atoms with Gasteiger partial charge in [0.1, 0.15) is 0 Å². The molecule has 13 heavy (non-hydrogen) atoms. The van der Waals surface area contributed by atoms with E-state index in [4.69, 9.17) is 4.84 Å². The molecule has 74 valence electrons. The summed E-state index contributed by atoms with van der Waals surface area (Å²) in [5, 5.41) is 1.53. The van der Waals surface area contributed by atoms with Gasteiger partial charge in [-0.05, 0) is 32.9 Å². The highest BCUT2D eigenvalue weighted by Crippen LogP contribution is 2.18. The lowest BCUT2D eigenvalue weighted by Gasteiger charge is -2.23. The highest BCUT2D eigenvalue weighted by atomic mass is 16.7. The van der Waals surface area contributed by atoms with Gasteiger partial charge < -0.3 is 0 Å². The van der Waals surface area contributed by atoms with Crippen LogP contribution >= 0.6 is 0 Å².